The van der Waals surface area contributed by atoms with E-state index in [1.165, 1.54) is 19.3 Å². The molecule has 4 saturated carbocycles. The summed E-state index contributed by atoms with van der Waals surface area (Å²) in [5.74, 6) is 4.46. The summed E-state index contributed by atoms with van der Waals surface area (Å²) < 4.78 is 0. The first-order chi connectivity index (χ1) is 13.1. The second kappa shape index (κ2) is 6.75. The number of nitrogens with zero attached hydrogens (tertiary/aromatic N) is 3. The molecule has 146 valence electrons. The zero-order chi connectivity index (χ0) is 18.4. The fourth-order valence-corrected chi connectivity index (χ4v) is 6.74. The van der Waals surface area contributed by atoms with Gasteiger partial charge in [-0.25, -0.2) is 0 Å². The zero-order valence-electron chi connectivity index (χ0n) is 16.5. The van der Waals surface area contributed by atoms with Crippen LogP contribution in [0, 0.1) is 36.0 Å². The van der Waals surface area contributed by atoms with Crippen LogP contribution in [0.15, 0.2) is 12.1 Å². The number of hydrogen-bond donors (Lipinski definition) is 1. The predicted octanol–water partition coefficient (Wildman–Crippen LogP) is 3.33. The molecule has 2 heterocycles. The first-order valence-corrected chi connectivity index (χ1v) is 10.9. The zero-order valence-corrected chi connectivity index (χ0v) is 16.5. The monoisotopic (exact) mass is 368 g/mol. The Morgan fingerprint density at radius 2 is 1.70 bits per heavy atom. The van der Waals surface area contributed by atoms with Gasteiger partial charge >= 0.3 is 0 Å². The number of piperidine rings is 1. The Labute approximate surface area is 162 Å². The SMILES string of the molecule is Cc1ccc(N2CCC(CNC(=O)C34CC5CC(CC(C5)C3)C4)CC2)nn1. The van der Waals surface area contributed by atoms with Gasteiger partial charge in [0.05, 0.1) is 5.69 Å². The maximum atomic E-state index is 13.1. The van der Waals surface area contributed by atoms with Gasteiger partial charge in [0, 0.05) is 25.0 Å². The highest BCUT2D eigenvalue weighted by molar-refractivity contribution is 5.83. The normalized spacial score (nSPS) is 35.4. The van der Waals surface area contributed by atoms with Crippen LogP contribution < -0.4 is 10.2 Å². The van der Waals surface area contributed by atoms with Crippen LogP contribution in [0.4, 0.5) is 5.82 Å². The molecule has 1 aromatic heterocycles. The number of aromatic nitrogens is 2. The van der Waals surface area contributed by atoms with Gasteiger partial charge < -0.3 is 10.2 Å². The molecular formula is C22H32N4O. The van der Waals surface area contributed by atoms with Gasteiger partial charge in [-0.15, -0.1) is 5.10 Å². The average Bonchev–Trinajstić information content (AvgIpc) is 2.66. The fourth-order valence-electron chi connectivity index (χ4n) is 6.74. The van der Waals surface area contributed by atoms with Crippen LogP contribution in [0.2, 0.25) is 0 Å². The summed E-state index contributed by atoms with van der Waals surface area (Å²) in [7, 11) is 0. The molecule has 6 rings (SSSR count). The van der Waals surface area contributed by atoms with Crippen LogP contribution in [-0.2, 0) is 4.79 Å². The lowest BCUT2D eigenvalue weighted by Gasteiger charge is -2.55. The highest BCUT2D eigenvalue weighted by Crippen LogP contribution is 2.60. The Kier molecular flexibility index (Phi) is 4.36. The molecule has 4 bridgehead atoms. The number of aryl methyl sites for hydroxylation is 1. The van der Waals surface area contributed by atoms with Crippen molar-refractivity contribution in [1.82, 2.24) is 15.5 Å². The lowest BCUT2D eigenvalue weighted by Crippen LogP contribution is -2.54. The second-order valence-corrected chi connectivity index (χ2v) is 9.87. The maximum absolute atomic E-state index is 13.1. The quantitative estimate of drug-likeness (QED) is 0.886. The van der Waals surface area contributed by atoms with E-state index in [-0.39, 0.29) is 5.41 Å². The van der Waals surface area contributed by atoms with Crippen LogP contribution in [-0.4, -0.2) is 35.7 Å². The Bertz CT molecular complexity index is 657. The molecule has 5 nitrogen and oxygen atoms in total. The van der Waals surface area contributed by atoms with E-state index >= 15 is 0 Å². The number of amides is 1. The van der Waals surface area contributed by atoms with E-state index in [2.05, 4.69) is 26.5 Å². The van der Waals surface area contributed by atoms with E-state index in [1.54, 1.807) is 0 Å². The van der Waals surface area contributed by atoms with Gasteiger partial charge in [0.25, 0.3) is 0 Å². The summed E-state index contributed by atoms with van der Waals surface area (Å²) in [6.07, 6.45) is 9.92. The van der Waals surface area contributed by atoms with Crippen LogP contribution in [0.25, 0.3) is 0 Å². The highest BCUT2D eigenvalue weighted by Gasteiger charge is 2.54. The molecule has 0 atom stereocenters. The van der Waals surface area contributed by atoms with Crippen molar-refractivity contribution >= 4 is 11.7 Å². The molecule has 5 heteroatoms. The second-order valence-electron chi connectivity index (χ2n) is 9.87. The summed E-state index contributed by atoms with van der Waals surface area (Å²) in [6, 6.07) is 4.09. The molecule has 27 heavy (non-hydrogen) atoms. The number of nitrogens with one attached hydrogen (secondary N) is 1. The van der Waals surface area contributed by atoms with E-state index < -0.39 is 0 Å². The van der Waals surface area contributed by atoms with E-state index in [4.69, 9.17) is 0 Å². The van der Waals surface area contributed by atoms with E-state index in [9.17, 15) is 4.79 Å². The molecular weight excluding hydrogens is 336 g/mol. The summed E-state index contributed by atoms with van der Waals surface area (Å²) in [6.45, 7) is 4.84. The molecule has 1 aromatic rings. The van der Waals surface area contributed by atoms with Gasteiger partial charge in [-0.05, 0) is 94.1 Å². The van der Waals surface area contributed by atoms with Crippen molar-refractivity contribution < 1.29 is 4.79 Å². The molecule has 0 radical (unpaired) electrons. The number of rotatable bonds is 4. The third kappa shape index (κ3) is 3.34. The minimum absolute atomic E-state index is 0.00700. The number of carbonyl (C=O) groups is 1. The number of anilines is 1. The van der Waals surface area contributed by atoms with Crippen LogP contribution >= 0.6 is 0 Å². The summed E-state index contributed by atoms with van der Waals surface area (Å²) >= 11 is 0. The Balaban J connectivity index is 1.13. The molecule has 1 amide bonds. The van der Waals surface area contributed by atoms with Crippen molar-refractivity contribution in [2.75, 3.05) is 24.5 Å². The topological polar surface area (TPSA) is 58.1 Å². The minimum Gasteiger partial charge on any atom is -0.355 e. The van der Waals surface area contributed by atoms with Gasteiger partial charge in [0.1, 0.15) is 0 Å². The molecule has 1 aliphatic heterocycles. The van der Waals surface area contributed by atoms with E-state index in [0.29, 0.717) is 11.8 Å². The third-order valence-corrected chi connectivity index (χ3v) is 7.79. The first kappa shape index (κ1) is 17.4. The summed E-state index contributed by atoms with van der Waals surface area (Å²) in [5, 5.41) is 11.9. The van der Waals surface area contributed by atoms with Crippen molar-refractivity contribution in [1.29, 1.82) is 0 Å². The molecule has 1 N–H and O–H groups in total. The van der Waals surface area contributed by atoms with Crippen LogP contribution in [0.5, 0.6) is 0 Å². The predicted molar refractivity (Wildman–Crippen MR) is 105 cm³/mol. The maximum Gasteiger partial charge on any atom is 0.226 e. The van der Waals surface area contributed by atoms with Crippen LogP contribution in [0.3, 0.4) is 0 Å². The molecule has 0 aromatic carbocycles. The fraction of sp³-hybridized carbons (Fsp3) is 0.773. The molecule has 4 aliphatic carbocycles. The first-order valence-electron chi connectivity index (χ1n) is 10.9. The van der Waals surface area contributed by atoms with Crippen LogP contribution in [0.1, 0.15) is 57.1 Å². The van der Waals surface area contributed by atoms with Crippen molar-refractivity contribution in [3.05, 3.63) is 17.8 Å². The molecule has 0 spiro atoms. The molecule has 0 unspecified atom stereocenters. The van der Waals surface area contributed by atoms with Crippen molar-refractivity contribution in [2.24, 2.45) is 29.1 Å². The van der Waals surface area contributed by atoms with Crippen molar-refractivity contribution in [3.63, 3.8) is 0 Å². The smallest absolute Gasteiger partial charge is 0.226 e. The van der Waals surface area contributed by atoms with Gasteiger partial charge in [0.2, 0.25) is 5.91 Å². The van der Waals surface area contributed by atoms with Gasteiger partial charge in [-0.1, -0.05) is 0 Å². The van der Waals surface area contributed by atoms with Crippen molar-refractivity contribution in [2.45, 2.75) is 58.3 Å². The van der Waals surface area contributed by atoms with E-state index in [0.717, 1.165) is 81.0 Å². The lowest BCUT2D eigenvalue weighted by atomic mass is 9.49. The van der Waals surface area contributed by atoms with Crippen molar-refractivity contribution in [3.8, 4) is 0 Å². The molecule has 1 saturated heterocycles. The van der Waals surface area contributed by atoms with E-state index in [1.807, 2.05) is 13.0 Å². The minimum atomic E-state index is -0.00700. The standard InChI is InChI=1S/C22H32N4O/c1-15-2-3-20(25-24-15)26-6-4-16(5-7-26)14-23-21(27)22-11-17-8-18(12-22)10-19(9-17)13-22/h2-3,16-19H,4-14H2,1H3,(H,23,27). The Morgan fingerprint density at radius 1 is 1.07 bits per heavy atom. The Hall–Kier alpha value is -1.65. The number of carbonyl (C=O) groups excluding carboxylic acids is 1. The lowest BCUT2D eigenvalue weighted by molar-refractivity contribution is -0.146. The molecule has 5 aliphatic rings. The summed E-state index contributed by atoms with van der Waals surface area (Å²) in [4.78, 5) is 15.4. The molecule has 5 fully saturated rings. The third-order valence-electron chi connectivity index (χ3n) is 7.79. The van der Waals surface area contributed by atoms with Gasteiger partial charge in [-0.3, -0.25) is 4.79 Å². The Morgan fingerprint density at radius 3 is 2.26 bits per heavy atom. The summed E-state index contributed by atoms with van der Waals surface area (Å²) in [5.41, 5.74) is 0.952. The largest absolute Gasteiger partial charge is 0.355 e. The highest BCUT2D eigenvalue weighted by atomic mass is 16.2. The van der Waals surface area contributed by atoms with Gasteiger partial charge in [0.15, 0.2) is 5.82 Å². The van der Waals surface area contributed by atoms with Gasteiger partial charge in [-0.2, -0.15) is 5.10 Å². The number of hydrogen-bond acceptors (Lipinski definition) is 4. The average molecular weight is 369 g/mol.